The Morgan fingerprint density at radius 1 is 1.62 bits per heavy atom. The van der Waals surface area contributed by atoms with E-state index in [0.29, 0.717) is 5.56 Å². The fourth-order valence-corrected chi connectivity index (χ4v) is 0.381. The van der Waals surface area contributed by atoms with Crippen molar-refractivity contribution in [3.8, 4) is 5.88 Å². The maximum absolute atomic E-state index is 10.4. The monoisotopic (exact) mass is 109 g/mol. The van der Waals surface area contributed by atoms with Gasteiger partial charge in [0.1, 0.15) is 0 Å². The summed E-state index contributed by atoms with van der Waals surface area (Å²) in [6.45, 7) is 1.71. The fourth-order valence-electron chi connectivity index (χ4n) is 0.381. The molecule has 1 radical (unpaired) electrons. The third-order valence-electron chi connectivity index (χ3n) is 0.877. The van der Waals surface area contributed by atoms with Crippen LogP contribution in [-0.2, 0) is 5.11 Å². The van der Waals surface area contributed by atoms with Crippen molar-refractivity contribution in [1.29, 1.82) is 0 Å². The van der Waals surface area contributed by atoms with Gasteiger partial charge < -0.3 is 0 Å². The Labute approximate surface area is 47.0 Å². The average molecular weight is 109 g/mol. The zero-order valence-electron chi connectivity index (χ0n) is 4.46. The van der Waals surface area contributed by atoms with Gasteiger partial charge in [-0.3, -0.25) is 5.11 Å². The second kappa shape index (κ2) is 1.78. The van der Waals surface area contributed by atoms with Crippen LogP contribution in [0.5, 0.6) is 5.88 Å². The smallest absolute Gasteiger partial charge is 0.265 e. The number of nitrogens with zero attached hydrogens (tertiary/aromatic N) is 2. The number of rotatable bonds is 0. The molecule has 0 aliphatic rings. The van der Waals surface area contributed by atoms with Crippen LogP contribution < -0.4 is 0 Å². The molecule has 0 saturated carbocycles. The second-order valence-electron chi connectivity index (χ2n) is 1.52. The van der Waals surface area contributed by atoms with E-state index in [4.69, 9.17) is 0 Å². The first-order valence-corrected chi connectivity index (χ1v) is 2.26. The van der Waals surface area contributed by atoms with Crippen molar-refractivity contribution in [2.24, 2.45) is 0 Å². The van der Waals surface area contributed by atoms with Crippen LogP contribution in [0, 0.1) is 6.92 Å². The molecule has 1 rings (SSSR count). The first kappa shape index (κ1) is 5.03. The van der Waals surface area contributed by atoms with Gasteiger partial charge in [-0.25, -0.2) is 0 Å². The average Bonchev–Trinajstić information content (AvgIpc) is 1.77. The van der Waals surface area contributed by atoms with Crippen LogP contribution >= 0.6 is 0 Å². The van der Waals surface area contributed by atoms with Gasteiger partial charge in [-0.05, 0) is 13.0 Å². The SMILES string of the molecule is Cc1ccnnc1[O]. The molecule has 0 bridgehead atoms. The minimum Gasteiger partial charge on any atom is -0.265 e. The van der Waals surface area contributed by atoms with E-state index >= 15 is 0 Å². The Balaban J connectivity index is 3.13. The van der Waals surface area contributed by atoms with Crippen molar-refractivity contribution >= 4 is 0 Å². The molecule has 0 saturated heterocycles. The maximum atomic E-state index is 10.4. The molecule has 0 aliphatic carbocycles. The predicted octanol–water partition coefficient (Wildman–Crippen LogP) is 0.929. The Morgan fingerprint density at radius 3 is 2.75 bits per heavy atom. The molecule has 0 fully saturated rings. The number of aromatic nitrogens is 2. The zero-order chi connectivity index (χ0) is 5.98. The molecule has 0 amide bonds. The summed E-state index contributed by atoms with van der Waals surface area (Å²) in [7, 11) is 0. The second-order valence-corrected chi connectivity index (χ2v) is 1.52. The molecule has 1 heterocycles. The van der Waals surface area contributed by atoms with Crippen molar-refractivity contribution in [1.82, 2.24) is 10.2 Å². The minimum absolute atomic E-state index is 0.243. The maximum Gasteiger partial charge on any atom is 0.291 e. The van der Waals surface area contributed by atoms with Gasteiger partial charge in [0, 0.05) is 5.56 Å². The van der Waals surface area contributed by atoms with Crippen LogP contribution in [0.3, 0.4) is 0 Å². The lowest BCUT2D eigenvalue weighted by molar-refractivity contribution is 0.328. The van der Waals surface area contributed by atoms with Gasteiger partial charge in [0.25, 0.3) is 5.88 Å². The Kier molecular flexibility index (Phi) is 1.12. The number of hydrogen-bond donors (Lipinski definition) is 0. The van der Waals surface area contributed by atoms with E-state index in [-0.39, 0.29) is 5.88 Å². The summed E-state index contributed by atoms with van der Waals surface area (Å²) in [5.74, 6) is -0.243. The van der Waals surface area contributed by atoms with Crippen molar-refractivity contribution < 1.29 is 5.11 Å². The molecule has 8 heavy (non-hydrogen) atoms. The van der Waals surface area contributed by atoms with Gasteiger partial charge in [-0.15, -0.1) is 5.10 Å². The van der Waals surface area contributed by atoms with Crippen LogP contribution in [0.25, 0.3) is 0 Å². The quantitative estimate of drug-likeness (QED) is 0.497. The van der Waals surface area contributed by atoms with Crippen molar-refractivity contribution in [3.63, 3.8) is 0 Å². The topological polar surface area (TPSA) is 45.7 Å². The van der Waals surface area contributed by atoms with Gasteiger partial charge >= 0.3 is 0 Å². The zero-order valence-corrected chi connectivity index (χ0v) is 4.46. The highest BCUT2D eigenvalue weighted by molar-refractivity contribution is 5.18. The van der Waals surface area contributed by atoms with E-state index < -0.39 is 0 Å². The minimum atomic E-state index is -0.243. The highest BCUT2D eigenvalue weighted by atomic mass is 16.3. The van der Waals surface area contributed by atoms with Crippen molar-refractivity contribution in [2.75, 3.05) is 0 Å². The summed E-state index contributed by atoms with van der Waals surface area (Å²) in [5.41, 5.74) is 0.639. The molecule has 3 nitrogen and oxygen atoms in total. The van der Waals surface area contributed by atoms with Crippen LogP contribution in [0.15, 0.2) is 12.3 Å². The summed E-state index contributed by atoms with van der Waals surface area (Å²) in [6, 6.07) is 1.63. The molecule has 1 aromatic rings. The molecule has 3 heteroatoms. The lowest BCUT2D eigenvalue weighted by Gasteiger charge is -1.86. The van der Waals surface area contributed by atoms with E-state index in [0.717, 1.165) is 0 Å². The molecule has 1 aromatic heterocycles. The van der Waals surface area contributed by atoms with Crippen LogP contribution in [0.1, 0.15) is 5.56 Å². The molecule has 0 spiro atoms. The van der Waals surface area contributed by atoms with Crippen molar-refractivity contribution in [2.45, 2.75) is 6.92 Å². The third kappa shape index (κ3) is 0.753. The van der Waals surface area contributed by atoms with Crippen molar-refractivity contribution in [3.05, 3.63) is 17.8 Å². The van der Waals surface area contributed by atoms with Crippen LogP contribution in [0.2, 0.25) is 0 Å². The summed E-state index contributed by atoms with van der Waals surface area (Å²) in [6.07, 6.45) is 1.50. The molecular weight excluding hydrogens is 104 g/mol. The molecule has 0 unspecified atom stereocenters. The highest BCUT2D eigenvalue weighted by Gasteiger charge is 1.93. The third-order valence-corrected chi connectivity index (χ3v) is 0.877. The standard InChI is InChI=1S/C5H5N2O/c1-4-2-3-6-7-5(4)8/h2-3H,1H3. The summed E-state index contributed by atoms with van der Waals surface area (Å²) < 4.78 is 0. The lowest BCUT2D eigenvalue weighted by Crippen LogP contribution is -1.80. The van der Waals surface area contributed by atoms with E-state index in [1.54, 1.807) is 13.0 Å². The molecule has 0 aromatic carbocycles. The predicted molar refractivity (Wildman–Crippen MR) is 26.9 cm³/mol. The molecule has 0 atom stereocenters. The lowest BCUT2D eigenvalue weighted by atomic mass is 10.3. The molecule has 0 aliphatic heterocycles. The van der Waals surface area contributed by atoms with Gasteiger partial charge in [0.2, 0.25) is 0 Å². The highest BCUT2D eigenvalue weighted by Crippen LogP contribution is 2.07. The van der Waals surface area contributed by atoms with Gasteiger partial charge in [0.15, 0.2) is 0 Å². The van der Waals surface area contributed by atoms with E-state index in [2.05, 4.69) is 10.2 Å². The van der Waals surface area contributed by atoms with Crippen LogP contribution in [0.4, 0.5) is 0 Å². The van der Waals surface area contributed by atoms with Gasteiger partial charge in [0.05, 0.1) is 6.20 Å². The summed E-state index contributed by atoms with van der Waals surface area (Å²) >= 11 is 0. The van der Waals surface area contributed by atoms with E-state index in [1.165, 1.54) is 6.20 Å². The first-order chi connectivity index (χ1) is 3.80. The van der Waals surface area contributed by atoms with Gasteiger partial charge in [-0.2, -0.15) is 5.10 Å². The Morgan fingerprint density at radius 2 is 2.38 bits per heavy atom. The summed E-state index contributed by atoms with van der Waals surface area (Å²) in [4.78, 5) is 0. The van der Waals surface area contributed by atoms with Gasteiger partial charge in [-0.1, -0.05) is 0 Å². The Bertz CT molecular complexity index is 167. The Hall–Kier alpha value is -1.12. The number of aryl methyl sites for hydroxylation is 1. The fraction of sp³-hybridized carbons (Fsp3) is 0.200. The molecule has 41 valence electrons. The van der Waals surface area contributed by atoms with E-state index in [9.17, 15) is 5.11 Å². The van der Waals surface area contributed by atoms with E-state index in [1.807, 2.05) is 0 Å². The largest absolute Gasteiger partial charge is 0.291 e. The first-order valence-electron chi connectivity index (χ1n) is 2.26. The summed E-state index contributed by atoms with van der Waals surface area (Å²) in [5, 5.41) is 17.1. The number of hydrogen-bond acceptors (Lipinski definition) is 2. The molecular formula is C5H5N2O. The van der Waals surface area contributed by atoms with Crippen LogP contribution in [-0.4, -0.2) is 10.2 Å². The molecule has 0 N–H and O–H groups in total. The normalized spacial score (nSPS) is 9.12.